The molecule has 1 heterocycles. The molecule has 0 aliphatic carbocycles. The van der Waals surface area contributed by atoms with Gasteiger partial charge in [0.05, 0.1) is 0 Å². The topological polar surface area (TPSA) is 66.5 Å². The number of benzene rings is 1. The Hall–Kier alpha value is -1.82. The number of hydrogen-bond donors (Lipinski definition) is 1. The fraction of sp³-hybridized carbons (Fsp3) is 0.357. The summed E-state index contributed by atoms with van der Waals surface area (Å²) in [5, 5.41) is 2.73. The zero-order valence-electron chi connectivity index (χ0n) is 11.4. The molecule has 1 aliphatic heterocycles. The lowest BCUT2D eigenvalue weighted by Gasteiger charge is -2.16. The molecule has 6 heteroatoms. The summed E-state index contributed by atoms with van der Waals surface area (Å²) in [5.74, 6) is -0.107. The number of hydrogen-bond acceptors (Lipinski definition) is 4. The number of nitrogens with one attached hydrogen (secondary N) is 1. The number of amides is 2. The number of carbonyl (C=O) groups excluding carboxylic acids is 3. The fourth-order valence-electron chi connectivity index (χ4n) is 2.17. The van der Waals surface area contributed by atoms with Crippen LogP contribution < -0.4 is 10.2 Å². The molecule has 1 atom stereocenters. The van der Waals surface area contributed by atoms with E-state index in [4.69, 9.17) is 0 Å². The van der Waals surface area contributed by atoms with E-state index in [1.165, 1.54) is 25.6 Å². The number of rotatable bonds is 3. The van der Waals surface area contributed by atoms with Crippen molar-refractivity contribution >= 4 is 40.1 Å². The second kappa shape index (κ2) is 6.09. The third-order valence-electron chi connectivity index (χ3n) is 2.92. The van der Waals surface area contributed by atoms with Gasteiger partial charge in [0.1, 0.15) is 0 Å². The summed E-state index contributed by atoms with van der Waals surface area (Å²) in [5.41, 5.74) is 1.48. The molecule has 1 aliphatic rings. The van der Waals surface area contributed by atoms with E-state index in [1.54, 1.807) is 29.2 Å². The van der Waals surface area contributed by atoms with Gasteiger partial charge >= 0.3 is 0 Å². The van der Waals surface area contributed by atoms with Crippen molar-refractivity contribution in [3.63, 3.8) is 0 Å². The largest absolute Gasteiger partial charge is 0.326 e. The Kier molecular flexibility index (Phi) is 4.44. The Morgan fingerprint density at radius 2 is 1.90 bits per heavy atom. The van der Waals surface area contributed by atoms with Crippen molar-refractivity contribution in [2.75, 3.05) is 16.8 Å². The van der Waals surface area contributed by atoms with Gasteiger partial charge in [0.15, 0.2) is 5.12 Å². The molecule has 1 aromatic rings. The van der Waals surface area contributed by atoms with E-state index >= 15 is 0 Å². The lowest BCUT2D eigenvalue weighted by Crippen LogP contribution is -2.24. The van der Waals surface area contributed by atoms with Crippen molar-refractivity contribution < 1.29 is 14.4 Å². The maximum absolute atomic E-state index is 12.0. The quantitative estimate of drug-likeness (QED) is 0.925. The molecule has 1 N–H and O–H groups in total. The maximum atomic E-state index is 12.0. The van der Waals surface area contributed by atoms with Crippen LogP contribution in [0.3, 0.4) is 0 Å². The van der Waals surface area contributed by atoms with Crippen molar-refractivity contribution in [2.45, 2.75) is 25.5 Å². The predicted octanol–water partition coefficient (Wildman–Crippen LogP) is 2.03. The van der Waals surface area contributed by atoms with Crippen LogP contribution in [0.4, 0.5) is 11.4 Å². The molecule has 1 aromatic carbocycles. The summed E-state index contributed by atoms with van der Waals surface area (Å²) in [7, 11) is 0. The van der Waals surface area contributed by atoms with Crippen molar-refractivity contribution in [1.82, 2.24) is 0 Å². The van der Waals surface area contributed by atoms with E-state index in [0.29, 0.717) is 18.7 Å². The third kappa shape index (κ3) is 3.60. The monoisotopic (exact) mass is 292 g/mol. The first-order chi connectivity index (χ1) is 9.45. The molecule has 1 saturated heterocycles. The van der Waals surface area contributed by atoms with Gasteiger partial charge in [-0.3, -0.25) is 14.4 Å². The zero-order valence-corrected chi connectivity index (χ0v) is 12.2. The van der Waals surface area contributed by atoms with Gasteiger partial charge in [0, 0.05) is 43.4 Å². The van der Waals surface area contributed by atoms with Gasteiger partial charge < -0.3 is 10.2 Å². The Balaban J connectivity index is 2.06. The van der Waals surface area contributed by atoms with Crippen molar-refractivity contribution in [1.29, 1.82) is 0 Å². The lowest BCUT2D eigenvalue weighted by atomic mass is 10.2. The van der Waals surface area contributed by atoms with Gasteiger partial charge in [-0.25, -0.2) is 0 Å². The molecule has 1 unspecified atom stereocenters. The van der Waals surface area contributed by atoms with Crippen molar-refractivity contribution in [3.8, 4) is 0 Å². The summed E-state index contributed by atoms with van der Waals surface area (Å²) in [6.07, 6.45) is 0.387. The molecular weight excluding hydrogens is 276 g/mol. The van der Waals surface area contributed by atoms with Crippen LogP contribution in [0.1, 0.15) is 20.3 Å². The van der Waals surface area contributed by atoms with Crippen LogP contribution in [0.2, 0.25) is 0 Å². The van der Waals surface area contributed by atoms with Gasteiger partial charge in [0.25, 0.3) is 0 Å². The normalized spacial score (nSPS) is 18.2. The molecule has 1 fully saturated rings. The van der Waals surface area contributed by atoms with E-state index in [0.717, 1.165) is 5.69 Å². The van der Waals surface area contributed by atoms with E-state index in [2.05, 4.69) is 5.32 Å². The van der Waals surface area contributed by atoms with Gasteiger partial charge in [-0.15, -0.1) is 0 Å². The highest BCUT2D eigenvalue weighted by molar-refractivity contribution is 8.14. The minimum Gasteiger partial charge on any atom is -0.326 e. The van der Waals surface area contributed by atoms with Crippen molar-refractivity contribution in [2.24, 2.45) is 0 Å². The highest BCUT2D eigenvalue weighted by atomic mass is 32.2. The van der Waals surface area contributed by atoms with E-state index in [-0.39, 0.29) is 22.2 Å². The molecule has 0 saturated carbocycles. The summed E-state index contributed by atoms with van der Waals surface area (Å²) >= 11 is 1.22. The van der Waals surface area contributed by atoms with Crippen LogP contribution >= 0.6 is 11.8 Å². The molecule has 0 spiro atoms. The first-order valence-corrected chi connectivity index (χ1v) is 7.19. The van der Waals surface area contributed by atoms with Crippen LogP contribution in [0.25, 0.3) is 0 Å². The Bertz CT molecular complexity index is 542. The van der Waals surface area contributed by atoms with Crippen LogP contribution in [-0.2, 0) is 14.4 Å². The van der Waals surface area contributed by atoms with Gasteiger partial charge in [-0.2, -0.15) is 0 Å². The fourth-order valence-corrected chi connectivity index (χ4v) is 3.08. The lowest BCUT2D eigenvalue weighted by molar-refractivity contribution is -0.117. The second-order valence-corrected chi connectivity index (χ2v) is 6.15. The molecule has 5 nitrogen and oxygen atoms in total. The minimum atomic E-state index is -0.132. The predicted molar refractivity (Wildman–Crippen MR) is 79.8 cm³/mol. The smallest absolute Gasteiger partial charge is 0.228 e. The van der Waals surface area contributed by atoms with Gasteiger partial charge in [0.2, 0.25) is 11.8 Å². The summed E-state index contributed by atoms with van der Waals surface area (Å²) < 4.78 is 0. The highest BCUT2D eigenvalue weighted by Crippen LogP contribution is 2.29. The molecule has 0 radical (unpaired) electrons. The number of thioether (sulfide) groups is 1. The highest BCUT2D eigenvalue weighted by Gasteiger charge is 2.31. The molecule has 2 rings (SSSR count). The minimum absolute atomic E-state index is 0.0232. The third-order valence-corrected chi connectivity index (χ3v) is 3.90. The molecule has 0 aromatic heterocycles. The van der Waals surface area contributed by atoms with Crippen molar-refractivity contribution in [3.05, 3.63) is 24.3 Å². The zero-order chi connectivity index (χ0) is 14.7. The number of nitrogens with zero attached hydrogens (tertiary/aromatic N) is 1. The molecule has 0 bridgehead atoms. The Labute approximate surface area is 121 Å². The SMILES string of the molecule is CC(=O)Nc1ccc(N2CC(SC(C)=O)CC2=O)cc1. The van der Waals surface area contributed by atoms with Crippen LogP contribution in [0.5, 0.6) is 0 Å². The Morgan fingerprint density at radius 3 is 2.45 bits per heavy atom. The number of anilines is 2. The first-order valence-electron chi connectivity index (χ1n) is 6.31. The number of carbonyl (C=O) groups is 3. The summed E-state index contributed by atoms with van der Waals surface area (Å²) in [6.45, 7) is 3.50. The molecule has 106 valence electrons. The summed E-state index contributed by atoms with van der Waals surface area (Å²) in [4.78, 5) is 35.7. The van der Waals surface area contributed by atoms with E-state index in [1.807, 2.05) is 0 Å². The summed E-state index contributed by atoms with van der Waals surface area (Å²) in [6, 6.07) is 7.11. The Morgan fingerprint density at radius 1 is 1.25 bits per heavy atom. The van der Waals surface area contributed by atoms with Crippen LogP contribution in [0, 0.1) is 0 Å². The van der Waals surface area contributed by atoms with Crippen LogP contribution in [0.15, 0.2) is 24.3 Å². The standard InChI is InChI=1S/C14H16N2O3S/c1-9(17)15-11-3-5-12(6-4-11)16-8-13(7-14(16)19)20-10(2)18/h3-6,13H,7-8H2,1-2H3,(H,15,17). The maximum Gasteiger partial charge on any atom is 0.228 e. The molecular formula is C14H16N2O3S. The average molecular weight is 292 g/mol. The van der Waals surface area contributed by atoms with Gasteiger partial charge in [-0.1, -0.05) is 11.8 Å². The van der Waals surface area contributed by atoms with Gasteiger partial charge in [-0.05, 0) is 24.3 Å². The second-order valence-electron chi connectivity index (χ2n) is 4.67. The van der Waals surface area contributed by atoms with Crippen LogP contribution in [-0.4, -0.2) is 28.7 Å². The van der Waals surface area contributed by atoms with E-state index in [9.17, 15) is 14.4 Å². The molecule has 20 heavy (non-hydrogen) atoms. The average Bonchev–Trinajstić information content (AvgIpc) is 2.69. The van der Waals surface area contributed by atoms with E-state index < -0.39 is 0 Å². The first kappa shape index (κ1) is 14.6. The molecule has 2 amide bonds.